The molecule has 148 valence electrons. The van der Waals surface area contributed by atoms with Crippen LogP contribution in [0.15, 0.2) is 24.4 Å². The lowest BCUT2D eigenvalue weighted by Gasteiger charge is -2.29. The van der Waals surface area contributed by atoms with E-state index in [9.17, 15) is 9.18 Å². The number of amides is 1. The molecular formula is C19H21ClFN5O2. The molecule has 0 atom stereocenters. The van der Waals surface area contributed by atoms with Crippen LogP contribution in [-0.4, -0.2) is 55.3 Å². The van der Waals surface area contributed by atoms with Gasteiger partial charge in [0.05, 0.1) is 30.1 Å². The average molecular weight is 406 g/mol. The van der Waals surface area contributed by atoms with E-state index in [1.54, 1.807) is 12.1 Å². The Balaban J connectivity index is 1.50. The lowest BCUT2D eigenvalue weighted by atomic mass is 10.2. The van der Waals surface area contributed by atoms with E-state index in [2.05, 4.69) is 15.3 Å². The number of rotatable bonds is 4. The summed E-state index contributed by atoms with van der Waals surface area (Å²) < 4.78 is 19.8. The number of hydrogen-bond donors (Lipinski definition) is 1. The molecule has 3 heterocycles. The van der Waals surface area contributed by atoms with E-state index in [1.807, 2.05) is 9.80 Å². The quantitative estimate of drug-likeness (QED) is 0.843. The minimum Gasteiger partial charge on any atom is -0.378 e. The van der Waals surface area contributed by atoms with Crippen LogP contribution in [0.5, 0.6) is 0 Å². The highest BCUT2D eigenvalue weighted by molar-refractivity contribution is 6.34. The van der Waals surface area contributed by atoms with Gasteiger partial charge in [0.2, 0.25) is 5.95 Å². The number of carbonyl (C=O) groups is 1. The first-order valence-electron chi connectivity index (χ1n) is 9.33. The van der Waals surface area contributed by atoms with Crippen LogP contribution in [0.1, 0.15) is 23.3 Å². The van der Waals surface area contributed by atoms with Gasteiger partial charge >= 0.3 is 0 Å². The van der Waals surface area contributed by atoms with Crippen molar-refractivity contribution in [3.8, 4) is 0 Å². The Morgan fingerprint density at radius 2 is 1.89 bits per heavy atom. The number of benzene rings is 1. The summed E-state index contributed by atoms with van der Waals surface area (Å²) in [5.74, 6) is -0.404. The molecule has 4 rings (SSSR count). The average Bonchev–Trinajstić information content (AvgIpc) is 3.24. The van der Waals surface area contributed by atoms with Gasteiger partial charge in [-0.1, -0.05) is 11.6 Å². The maximum atomic E-state index is 14.5. The monoisotopic (exact) mass is 405 g/mol. The van der Waals surface area contributed by atoms with Crippen molar-refractivity contribution >= 4 is 34.8 Å². The van der Waals surface area contributed by atoms with Gasteiger partial charge in [-0.05, 0) is 31.0 Å². The van der Waals surface area contributed by atoms with E-state index in [0.717, 1.165) is 25.9 Å². The number of carbonyl (C=O) groups excluding carboxylic acids is 1. The molecule has 0 spiro atoms. The summed E-state index contributed by atoms with van der Waals surface area (Å²) in [6, 6.07) is 4.63. The van der Waals surface area contributed by atoms with Crippen molar-refractivity contribution in [2.24, 2.45) is 0 Å². The minimum absolute atomic E-state index is 0.0798. The normalized spacial score (nSPS) is 17.1. The molecule has 1 amide bonds. The van der Waals surface area contributed by atoms with Gasteiger partial charge in [-0.15, -0.1) is 0 Å². The van der Waals surface area contributed by atoms with Crippen LogP contribution >= 0.6 is 11.6 Å². The Bertz CT molecular complexity index is 869. The highest BCUT2D eigenvalue weighted by Gasteiger charge is 2.21. The zero-order valence-electron chi connectivity index (χ0n) is 15.3. The van der Waals surface area contributed by atoms with Gasteiger partial charge in [-0.3, -0.25) is 4.79 Å². The molecule has 0 unspecified atom stereocenters. The molecule has 2 fully saturated rings. The lowest BCUT2D eigenvalue weighted by molar-refractivity contribution is 0.102. The van der Waals surface area contributed by atoms with Crippen LogP contribution in [0.4, 0.5) is 21.7 Å². The van der Waals surface area contributed by atoms with Crippen molar-refractivity contribution in [3.63, 3.8) is 0 Å². The first-order chi connectivity index (χ1) is 13.6. The van der Waals surface area contributed by atoms with E-state index in [1.165, 1.54) is 12.3 Å². The predicted molar refractivity (Wildman–Crippen MR) is 106 cm³/mol. The van der Waals surface area contributed by atoms with Crippen LogP contribution in [0.3, 0.4) is 0 Å². The maximum Gasteiger partial charge on any atom is 0.276 e. The zero-order valence-corrected chi connectivity index (χ0v) is 16.1. The van der Waals surface area contributed by atoms with Gasteiger partial charge in [0.25, 0.3) is 5.91 Å². The molecule has 2 aliphatic heterocycles. The maximum absolute atomic E-state index is 14.5. The summed E-state index contributed by atoms with van der Waals surface area (Å²) >= 11 is 6.13. The molecule has 7 nitrogen and oxygen atoms in total. The van der Waals surface area contributed by atoms with Crippen LogP contribution in [0.2, 0.25) is 5.02 Å². The third kappa shape index (κ3) is 4.02. The standard InChI is InChI=1S/C19H21ClFN5O2/c20-14-12-22-19(26-5-1-2-6-26)24-17(14)18(27)23-13-3-4-16(15(21)11-13)25-7-9-28-10-8-25/h3-4,11-12H,1-2,5-10H2,(H,23,27). The van der Waals surface area contributed by atoms with Gasteiger partial charge in [-0.2, -0.15) is 0 Å². The van der Waals surface area contributed by atoms with Crippen molar-refractivity contribution in [2.45, 2.75) is 12.8 Å². The molecule has 1 N–H and O–H groups in total. The van der Waals surface area contributed by atoms with Crippen LogP contribution in [-0.2, 0) is 4.74 Å². The molecule has 0 saturated carbocycles. The smallest absolute Gasteiger partial charge is 0.276 e. The second kappa shape index (κ2) is 8.28. The first-order valence-corrected chi connectivity index (χ1v) is 9.71. The molecular weight excluding hydrogens is 385 g/mol. The molecule has 1 aromatic carbocycles. The fourth-order valence-corrected chi connectivity index (χ4v) is 3.60. The number of morpholine rings is 1. The summed E-state index contributed by atoms with van der Waals surface area (Å²) in [4.78, 5) is 25.1. The molecule has 2 saturated heterocycles. The van der Waals surface area contributed by atoms with Crippen LogP contribution < -0.4 is 15.1 Å². The Hall–Kier alpha value is -2.45. The summed E-state index contributed by atoms with van der Waals surface area (Å²) in [5, 5.41) is 2.83. The number of anilines is 3. The van der Waals surface area contributed by atoms with Gasteiger partial charge in [-0.25, -0.2) is 14.4 Å². The SMILES string of the molecule is O=C(Nc1ccc(N2CCOCC2)c(F)c1)c1nc(N2CCCC2)ncc1Cl. The molecule has 1 aromatic heterocycles. The van der Waals surface area contributed by atoms with Crippen molar-refractivity contribution in [3.05, 3.63) is 40.9 Å². The summed E-state index contributed by atoms with van der Waals surface area (Å²) in [5.41, 5.74) is 0.922. The minimum atomic E-state index is -0.494. The van der Waals surface area contributed by atoms with E-state index in [4.69, 9.17) is 16.3 Å². The van der Waals surface area contributed by atoms with E-state index < -0.39 is 11.7 Å². The molecule has 2 aromatic rings. The number of hydrogen-bond acceptors (Lipinski definition) is 6. The van der Waals surface area contributed by atoms with Gasteiger partial charge < -0.3 is 19.9 Å². The van der Waals surface area contributed by atoms with Gasteiger partial charge in [0.1, 0.15) is 5.82 Å². The predicted octanol–water partition coefficient (Wildman–Crippen LogP) is 2.96. The lowest BCUT2D eigenvalue weighted by Crippen LogP contribution is -2.36. The zero-order chi connectivity index (χ0) is 19.5. The highest BCUT2D eigenvalue weighted by Crippen LogP contribution is 2.25. The number of aromatic nitrogens is 2. The van der Waals surface area contributed by atoms with Crippen molar-refractivity contribution in [1.29, 1.82) is 0 Å². The van der Waals surface area contributed by atoms with Crippen molar-refractivity contribution in [1.82, 2.24) is 9.97 Å². The molecule has 2 aliphatic rings. The third-order valence-electron chi connectivity index (χ3n) is 4.89. The van der Waals surface area contributed by atoms with E-state index in [-0.39, 0.29) is 10.7 Å². The Morgan fingerprint density at radius 3 is 2.61 bits per heavy atom. The van der Waals surface area contributed by atoms with Gasteiger partial charge in [0.15, 0.2) is 5.69 Å². The van der Waals surface area contributed by atoms with E-state index in [0.29, 0.717) is 43.6 Å². The first kappa shape index (κ1) is 18.9. The second-order valence-corrected chi connectivity index (χ2v) is 7.19. The molecule has 0 bridgehead atoms. The Morgan fingerprint density at radius 1 is 1.14 bits per heavy atom. The van der Waals surface area contributed by atoms with Crippen molar-refractivity contribution < 1.29 is 13.9 Å². The van der Waals surface area contributed by atoms with Crippen LogP contribution in [0.25, 0.3) is 0 Å². The third-order valence-corrected chi connectivity index (χ3v) is 5.17. The number of halogens is 2. The van der Waals surface area contributed by atoms with Crippen molar-refractivity contribution in [2.75, 3.05) is 54.5 Å². The number of nitrogens with zero attached hydrogens (tertiary/aromatic N) is 4. The fourth-order valence-electron chi connectivity index (χ4n) is 3.42. The Kier molecular flexibility index (Phi) is 5.59. The summed E-state index contributed by atoms with van der Waals surface area (Å²) in [6.07, 6.45) is 3.57. The number of ether oxygens (including phenoxy) is 1. The fraction of sp³-hybridized carbons (Fsp3) is 0.421. The summed E-state index contributed by atoms with van der Waals surface area (Å²) in [7, 11) is 0. The highest BCUT2D eigenvalue weighted by atomic mass is 35.5. The summed E-state index contributed by atoms with van der Waals surface area (Å²) in [6.45, 7) is 4.14. The number of nitrogens with one attached hydrogen (secondary N) is 1. The molecule has 0 aliphatic carbocycles. The molecule has 0 radical (unpaired) electrons. The molecule has 28 heavy (non-hydrogen) atoms. The van der Waals surface area contributed by atoms with Crippen LogP contribution in [0, 0.1) is 5.82 Å². The van der Waals surface area contributed by atoms with Gasteiger partial charge in [0, 0.05) is 31.9 Å². The largest absolute Gasteiger partial charge is 0.378 e. The molecule has 9 heteroatoms. The Labute approximate surface area is 167 Å². The second-order valence-electron chi connectivity index (χ2n) is 6.78. The topological polar surface area (TPSA) is 70.6 Å². The van der Waals surface area contributed by atoms with E-state index >= 15 is 0 Å².